The van der Waals surface area contributed by atoms with Gasteiger partial charge in [0.2, 0.25) is 0 Å². The Labute approximate surface area is 172 Å². The van der Waals surface area contributed by atoms with Crippen molar-refractivity contribution in [1.82, 2.24) is 0 Å². The van der Waals surface area contributed by atoms with Crippen LogP contribution in [0.15, 0.2) is 60.7 Å². The standard InChI is InChI=1S/C20H23F4O5P/c21-19(22,11-15-7-3-1-4-8-15)17(25)13-28-30(27)29-14-18(26)20(23,24)12-16-9-5-2-6-10-16/h1-10,17-18,25-26,30H,11-14H2. The number of alkyl halides is 4. The predicted octanol–water partition coefficient (Wildman–Crippen LogP) is 3.89. The van der Waals surface area contributed by atoms with Crippen molar-refractivity contribution in [2.45, 2.75) is 36.9 Å². The van der Waals surface area contributed by atoms with Crippen molar-refractivity contribution >= 4 is 8.25 Å². The highest BCUT2D eigenvalue weighted by atomic mass is 31.1. The van der Waals surface area contributed by atoms with Crippen molar-refractivity contribution in [2.75, 3.05) is 13.2 Å². The van der Waals surface area contributed by atoms with Gasteiger partial charge in [0.1, 0.15) is 12.2 Å². The molecule has 0 saturated carbocycles. The lowest BCUT2D eigenvalue weighted by atomic mass is 10.0. The summed E-state index contributed by atoms with van der Waals surface area (Å²) in [6, 6.07) is 15.4. The number of hydrogen-bond donors (Lipinski definition) is 2. The lowest BCUT2D eigenvalue weighted by Gasteiger charge is -2.23. The van der Waals surface area contributed by atoms with E-state index < -0.39 is 58.4 Å². The molecule has 2 N–H and O–H groups in total. The van der Waals surface area contributed by atoms with Gasteiger partial charge >= 0.3 is 8.25 Å². The minimum Gasteiger partial charge on any atom is -0.384 e. The molecule has 0 aliphatic carbocycles. The Kier molecular flexibility index (Phi) is 9.00. The second-order valence-electron chi connectivity index (χ2n) is 6.75. The first-order chi connectivity index (χ1) is 14.1. The van der Waals surface area contributed by atoms with Gasteiger partial charge in [0.05, 0.1) is 13.2 Å². The normalized spacial score (nSPS) is 15.5. The minimum absolute atomic E-state index is 0.286. The van der Waals surface area contributed by atoms with Crippen LogP contribution in [-0.4, -0.2) is 47.5 Å². The third-order valence-corrected chi connectivity index (χ3v) is 5.06. The van der Waals surface area contributed by atoms with E-state index in [1.807, 2.05) is 0 Å². The highest BCUT2D eigenvalue weighted by Crippen LogP contribution is 2.31. The molecule has 0 amide bonds. The molecule has 2 atom stereocenters. The summed E-state index contributed by atoms with van der Waals surface area (Å²) in [6.45, 7) is -2.04. The van der Waals surface area contributed by atoms with Crippen LogP contribution in [-0.2, 0) is 26.5 Å². The zero-order valence-corrected chi connectivity index (χ0v) is 16.9. The van der Waals surface area contributed by atoms with E-state index in [9.17, 15) is 32.3 Å². The maximum Gasteiger partial charge on any atom is 0.319 e. The molecule has 2 rings (SSSR count). The van der Waals surface area contributed by atoms with E-state index in [1.165, 1.54) is 24.3 Å². The van der Waals surface area contributed by atoms with Gasteiger partial charge in [-0.25, -0.2) is 17.6 Å². The number of benzene rings is 2. The van der Waals surface area contributed by atoms with Crippen LogP contribution in [0.5, 0.6) is 0 Å². The summed E-state index contributed by atoms with van der Waals surface area (Å²) in [5.41, 5.74) is 0.573. The van der Waals surface area contributed by atoms with E-state index in [4.69, 9.17) is 0 Å². The molecule has 0 bridgehead atoms. The van der Waals surface area contributed by atoms with Crippen LogP contribution >= 0.6 is 8.25 Å². The molecule has 10 heteroatoms. The molecular formula is C20H23F4O5P. The van der Waals surface area contributed by atoms with Crippen LogP contribution in [0, 0.1) is 0 Å². The molecule has 166 valence electrons. The first-order valence-corrected chi connectivity index (χ1v) is 10.3. The molecule has 30 heavy (non-hydrogen) atoms. The van der Waals surface area contributed by atoms with Gasteiger partial charge in [-0.05, 0) is 11.1 Å². The predicted molar refractivity (Wildman–Crippen MR) is 103 cm³/mol. The first-order valence-electron chi connectivity index (χ1n) is 9.09. The molecule has 0 aliphatic rings. The summed E-state index contributed by atoms with van der Waals surface area (Å²) in [5, 5.41) is 19.3. The smallest absolute Gasteiger partial charge is 0.319 e. The maximum atomic E-state index is 14.0. The number of halogens is 4. The Bertz CT molecular complexity index is 727. The van der Waals surface area contributed by atoms with Crippen molar-refractivity contribution < 1.29 is 41.4 Å². The largest absolute Gasteiger partial charge is 0.384 e. The molecule has 5 nitrogen and oxygen atoms in total. The Balaban J connectivity index is 1.76. The summed E-state index contributed by atoms with van der Waals surface area (Å²) in [4.78, 5) is 0. The van der Waals surface area contributed by atoms with E-state index in [-0.39, 0.29) is 11.1 Å². The number of rotatable bonds is 12. The molecule has 2 aromatic rings. The fourth-order valence-corrected chi connectivity index (χ4v) is 3.22. The van der Waals surface area contributed by atoms with Gasteiger partial charge in [0.15, 0.2) is 0 Å². The van der Waals surface area contributed by atoms with Gasteiger partial charge in [-0.3, -0.25) is 4.57 Å². The molecule has 2 aromatic carbocycles. The van der Waals surface area contributed by atoms with Gasteiger partial charge in [-0.1, -0.05) is 60.7 Å². The summed E-state index contributed by atoms with van der Waals surface area (Å²) in [5.74, 6) is -7.13. The van der Waals surface area contributed by atoms with Crippen LogP contribution in [0.25, 0.3) is 0 Å². The van der Waals surface area contributed by atoms with Crippen molar-refractivity contribution in [1.29, 1.82) is 0 Å². The van der Waals surface area contributed by atoms with Crippen LogP contribution in [0.2, 0.25) is 0 Å². The Morgan fingerprint density at radius 3 is 1.40 bits per heavy atom. The van der Waals surface area contributed by atoms with Gasteiger partial charge in [-0.15, -0.1) is 0 Å². The highest BCUT2D eigenvalue weighted by molar-refractivity contribution is 7.33. The zero-order chi connectivity index (χ0) is 22.2. The van der Waals surface area contributed by atoms with Crippen LogP contribution < -0.4 is 0 Å². The zero-order valence-electron chi connectivity index (χ0n) is 15.9. The van der Waals surface area contributed by atoms with Gasteiger partial charge in [-0.2, -0.15) is 0 Å². The van der Waals surface area contributed by atoms with E-state index in [0.717, 1.165) is 0 Å². The summed E-state index contributed by atoms with van der Waals surface area (Å²) < 4.78 is 76.9. The lowest BCUT2D eigenvalue weighted by molar-refractivity contribution is -0.126. The fourth-order valence-electron chi connectivity index (χ4n) is 2.55. The van der Waals surface area contributed by atoms with E-state index in [2.05, 4.69) is 9.05 Å². The monoisotopic (exact) mass is 450 g/mol. The van der Waals surface area contributed by atoms with Gasteiger partial charge < -0.3 is 19.3 Å². The van der Waals surface area contributed by atoms with Gasteiger partial charge in [0.25, 0.3) is 11.8 Å². The first kappa shape index (κ1) is 24.5. The van der Waals surface area contributed by atoms with Crippen molar-refractivity contribution in [3.8, 4) is 0 Å². The molecule has 0 spiro atoms. The number of aliphatic hydroxyl groups is 2. The molecule has 0 radical (unpaired) electrons. The van der Waals surface area contributed by atoms with Crippen molar-refractivity contribution in [3.05, 3.63) is 71.8 Å². The van der Waals surface area contributed by atoms with E-state index >= 15 is 0 Å². The average molecular weight is 450 g/mol. The molecule has 0 saturated heterocycles. The maximum absolute atomic E-state index is 14.0. The SMILES string of the molecule is O=[PH](OCC(O)C(F)(F)Cc1ccccc1)OCC(O)C(F)(F)Cc1ccccc1. The average Bonchev–Trinajstić information content (AvgIpc) is 2.70. The van der Waals surface area contributed by atoms with Crippen LogP contribution in [0.1, 0.15) is 11.1 Å². The molecule has 0 heterocycles. The molecule has 0 aliphatic heterocycles. The Morgan fingerprint density at radius 1 is 0.733 bits per heavy atom. The molecule has 0 fully saturated rings. The molecule has 0 aromatic heterocycles. The van der Waals surface area contributed by atoms with Crippen molar-refractivity contribution in [2.24, 2.45) is 0 Å². The molecule has 2 unspecified atom stereocenters. The quantitative estimate of drug-likeness (QED) is 0.379. The third kappa shape index (κ3) is 7.81. The minimum atomic E-state index is -3.56. The summed E-state index contributed by atoms with van der Waals surface area (Å²) in [7, 11) is -3.48. The van der Waals surface area contributed by atoms with Gasteiger partial charge in [0, 0.05) is 12.8 Å². The third-order valence-electron chi connectivity index (χ3n) is 4.26. The second kappa shape index (κ2) is 11.0. The number of aliphatic hydroxyl groups excluding tert-OH is 2. The van der Waals surface area contributed by atoms with E-state index in [0.29, 0.717) is 0 Å². The lowest BCUT2D eigenvalue weighted by Crippen LogP contribution is -2.39. The second-order valence-corrected chi connectivity index (χ2v) is 7.83. The van der Waals surface area contributed by atoms with Crippen LogP contribution in [0.3, 0.4) is 0 Å². The highest BCUT2D eigenvalue weighted by Gasteiger charge is 2.40. The topological polar surface area (TPSA) is 76.0 Å². The fraction of sp³-hybridized carbons (Fsp3) is 0.400. The summed E-state index contributed by atoms with van der Waals surface area (Å²) in [6.07, 6.45) is -6.07. The van der Waals surface area contributed by atoms with Crippen LogP contribution in [0.4, 0.5) is 17.6 Å². The Hall–Kier alpha value is -1.77. The number of hydrogen-bond acceptors (Lipinski definition) is 5. The van der Waals surface area contributed by atoms with E-state index in [1.54, 1.807) is 36.4 Å². The summed E-state index contributed by atoms with van der Waals surface area (Å²) >= 11 is 0. The molecular weight excluding hydrogens is 427 g/mol. The Morgan fingerprint density at radius 2 is 1.07 bits per heavy atom. The van der Waals surface area contributed by atoms with Crippen molar-refractivity contribution in [3.63, 3.8) is 0 Å².